The molecule has 3 aliphatic rings. The SMILES string of the molecule is C=C1CC[C@H]2[C@H](OC(C)=O)[C@@H]([C@@]3(C)CC[C@H](C)C[C@@H]3CCn3cccn3)CC[C@]12C. The molecule has 0 aliphatic heterocycles. The smallest absolute Gasteiger partial charge is 0.302 e. The van der Waals surface area contributed by atoms with Gasteiger partial charge in [0.05, 0.1) is 0 Å². The fourth-order valence-corrected chi connectivity index (χ4v) is 7.34. The van der Waals surface area contributed by atoms with E-state index in [2.05, 4.69) is 43.3 Å². The Morgan fingerprint density at radius 2 is 2.07 bits per heavy atom. The van der Waals surface area contributed by atoms with Crippen molar-refractivity contribution < 1.29 is 9.53 Å². The van der Waals surface area contributed by atoms with Crippen LogP contribution in [0.4, 0.5) is 0 Å². The van der Waals surface area contributed by atoms with Crippen molar-refractivity contribution in [2.24, 2.45) is 34.5 Å². The van der Waals surface area contributed by atoms with E-state index in [0.29, 0.717) is 17.8 Å². The minimum absolute atomic E-state index is 0.0334. The van der Waals surface area contributed by atoms with Gasteiger partial charge in [-0.05, 0) is 73.7 Å². The number of hydrogen-bond acceptors (Lipinski definition) is 3. The van der Waals surface area contributed by atoms with Crippen molar-refractivity contribution in [1.29, 1.82) is 0 Å². The molecule has 3 fully saturated rings. The number of aromatic nitrogens is 2. The highest BCUT2D eigenvalue weighted by Crippen LogP contribution is 2.62. The number of allylic oxidation sites excluding steroid dienone is 1. The molecule has 4 heteroatoms. The predicted molar refractivity (Wildman–Crippen MR) is 120 cm³/mol. The number of aryl methyl sites for hydroxylation is 1. The van der Waals surface area contributed by atoms with Crippen molar-refractivity contribution in [2.75, 3.05) is 0 Å². The van der Waals surface area contributed by atoms with Crippen molar-refractivity contribution in [3.63, 3.8) is 0 Å². The van der Waals surface area contributed by atoms with Crippen LogP contribution in [0.2, 0.25) is 0 Å². The van der Waals surface area contributed by atoms with Gasteiger partial charge in [0, 0.05) is 37.7 Å². The van der Waals surface area contributed by atoms with E-state index in [1.807, 2.05) is 12.3 Å². The van der Waals surface area contributed by atoms with Gasteiger partial charge in [-0.2, -0.15) is 5.10 Å². The van der Waals surface area contributed by atoms with Gasteiger partial charge < -0.3 is 4.74 Å². The van der Waals surface area contributed by atoms with E-state index in [9.17, 15) is 4.79 Å². The van der Waals surface area contributed by atoms with Crippen LogP contribution in [0.5, 0.6) is 0 Å². The Kier molecular flexibility index (Phi) is 5.89. The van der Waals surface area contributed by atoms with Gasteiger partial charge in [0.25, 0.3) is 0 Å². The number of nitrogens with zero attached hydrogens (tertiary/aromatic N) is 2. The van der Waals surface area contributed by atoms with Crippen LogP contribution in [0.3, 0.4) is 0 Å². The Morgan fingerprint density at radius 3 is 2.77 bits per heavy atom. The average molecular weight is 413 g/mol. The van der Waals surface area contributed by atoms with Gasteiger partial charge in [-0.25, -0.2) is 0 Å². The molecule has 4 nitrogen and oxygen atoms in total. The number of rotatable bonds is 5. The lowest BCUT2D eigenvalue weighted by Crippen LogP contribution is -2.53. The topological polar surface area (TPSA) is 44.1 Å². The Labute approximate surface area is 182 Å². The molecule has 0 saturated heterocycles. The summed E-state index contributed by atoms with van der Waals surface area (Å²) in [5.41, 5.74) is 1.73. The summed E-state index contributed by atoms with van der Waals surface area (Å²) in [4.78, 5) is 12.2. The maximum atomic E-state index is 12.2. The zero-order valence-electron chi connectivity index (χ0n) is 19.4. The zero-order valence-corrected chi connectivity index (χ0v) is 19.4. The molecular formula is C26H40N2O2. The van der Waals surface area contributed by atoms with Gasteiger partial charge in [-0.3, -0.25) is 9.48 Å². The Bertz CT molecular complexity index is 772. The second kappa shape index (κ2) is 8.16. The van der Waals surface area contributed by atoms with E-state index >= 15 is 0 Å². The monoisotopic (exact) mass is 412 g/mol. The van der Waals surface area contributed by atoms with E-state index in [1.54, 1.807) is 6.92 Å². The number of esters is 1. The molecule has 0 N–H and O–H groups in total. The average Bonchev–Trinajstić information content (AvgIpc) is 3.31. The highest BCUT2D eigenvalue weighted by molar-refractivity contribution is 5.66. The summed E-state index contributed by atoms with van der Waals surface area (Å²) in [5.74, 6) is 2.17. The molecule has 0 aromatic carbocycles. The van der Waals surface area contributed by atoms with Crippen LogP contribution >= 0.6 is 0 Å². The lowest BCUT2D eigenvalue weighted by molar-refractivity contribution is -0.172. The molecule has 0 unspecified atom stereocenters. The molecule has 1 heterocycles. The second-order valence-electron chi connectivity index (χ2n) is 11.0. The van der Waals surface area contributed by atoms with Gasteiger partial charge in [0.1, 0.15) is 6.10 Å². The molecule has 3 aliphatic carbocycles. The number of carbonyl (C=O) groups is 1. The summed E-state index contributed by atoms with van der Waals surface area (Å²) in [6.45, 7) is 14.3. The van der Waals surface area contributed by atoms with E-state index in [-0.39, 0.29) is 22.9 Å². The van der Waals surface area contributed by atoms with E-state index in [4.69, 9.17) is 4.74 Å². The van der Waals surface area contributed by atoms with Gasteiger partial charge in [0.15, 0.2) is 0 Å². The number of carbonyl (C=O) groups excluding carboxylic acids is 1. The fraction of sp³-hybridized carbons (Fsp3) is 0.769. The van der Waals surface area contributed by atoms with Crippen LogP contribution in [-0.4, -0.2) is 21.9 Å². The van der Waals surface area contributed by atoms with E-state index in [1.165, 1.54) is 31.3 Å². The fourth-order valence-electron chi connectivity index (χ4n) is 7.34. The molecular weight excluding hydrogens is 372 g/mol. The van der Waals surface area contributed by atoms with Crippen LogP contribution < -0.4 is 0 Å². The molecule has 30 heavy (non-hydrogen) atoms. The Balaban J connectivity index is 1.61. The van der Waals surface area contributed by atoms with Gasteiger partial charge in [0.2, 0.25) is 0 Å². The minimum atomic E-state index is -0.118. The first-order valence-electron chi connectivity index (χ1n) is 12.1. The summed E-state index contributed by atoms with van der Waals surface area (Å²) in [6, 6.07) is 2.01. The molecule has 1 aromatic rings. The number of ether oxygens (including phenoxy) is 1. The number of fused-ring (bicyclic) bond motifs is 1. The maximum absolute atomic E-state index is 12.2. The third kappa shape index (κ3) is 3.76. The normalized spacial score (nSPS) is 41.5. The van der Waals surface area contributed by atoms with Crippen LogP contribution in [0, 0.1) is 34.5 Å². The standard InChI is InChI=1S/C26H40N2O2/c1-18-9-12-26(5,21(17-18)11-16-28-15-6-14-27-28)23-10-13-25(4)19(2)7-8-22(25)24(23)30-20(3)29/h6,14-15,18,21-24H,2,7-13,16-17H2,1,3-5H3/t18-,21-,22-,23-,24-,25+,26-/m0/s1. The van der Waals surface area contributed by atoms with Gasteiger partial charge in [-0.15, -0.1) is 0 Å². The third-order valence-corrected chi connectivity index (χ3v) is 9.36. The lowest BCUT2D eigenvalue weighted by atomic mass is 9.51. The molecule has 4 rings (SSSR count). The van der Waals surface area contributed by atoms with Crippen molar-refractivity contribution in [2.45, 2.75) is 91.7 Å². The van der Waals surface area contributed by atoms with Crippen molar-refractivity contribution in [1.82, 2.24) is 9.78 Å². The van der Waals surface area contributed by atoms with Gasteiger partial charge >= 0.3 is 5.97 Å². The predicted octanol–water partition coefficient (Wildman–Crippen LogP) is 6.03. The Morgan fingerprint density at radius 1 is 1.27 bits per heavy atom. The van der Waals surface area contributed by atoms with Crippen LogP contribution in [-0.2, 0) is 16.1 Å². The molecule has 0 bridgehead atoms. The molecule has 166 valence electrons. The van der Waals surface area contributed by atoms with Crippen molar-refractivity contribution in [3.05, 3.63) is 30.6 Å². The first kappa shape index (κ1) is 21.6. The minimum Gasteiger partial charge on any atom is -0.462 e. The Hall–Kier alpha value is -1.58. The number of hydrogen-bond donors (Lipinski definition) is 0. The largest absolute Gasteiger partial charge is 0.462 e. The van der Waals surface area contributed by atoms with E-state index < -0.39 is 0 Å². The second-order valence-corrected chi connectivity index (χ2v) is 11.0. The molecule has 0 amide bonds. The highest BCUT2D eigenvalue weighted by atomic mass is 16.5. The molecule has 3 saturated carbocycles. The lowest BCUT2D eigenvalue weighted by Gasteiger charge is -2.56. The summed E-state index contributed by atoms with van der Waals surface area (Å²) in [7, 11) is 0. The summed E-state index contributed by atoms with van der Waals surface area (Å²) < 4.78 is 8.25. The van der Waals surface area contributed by atoms with Gasteiger partial charge in [-0.1, -0.05) is 39.3 Å². The zero-order chi connectivity index (χ0) is 21.5. The third-order valence-electron chi connectivity index (χ3n) is 9.36. The van der Waals surface area contributed by atoms with Crippen molar-refractivity contribution in [3.8, 4) is 0 Å². The summed E-state index contributed by atoms with van der Waals surface area (Å²) in [6.07, 6.45) is 13.5. The summed E-state index contributed by atoms with van der Waals surface area (Å²) >= 11 is 0. The van der Waals surface area contributed by atoms with Crippen molar-refractivity contribution >= 4 is 5.97 Å². The van der Waals surface area contributed by atoms with E-state index in [0.717, 1.165) is 38.1 Å². The quantitative estimate of drug-likeness (QED) is 0.438. The van der Waals surface area contributed by atoms with Crippen LogP contribution in [0.15, 0.2) is 30.6 Å². The highest BCUT2D eigenvalue weighted by Gasteiger charge is 2.58. The maximum Gasteiger partial charge on any atom is 0.302 e. The molecule has 7 atom stereocenters. The summed E-state index contributed by atoms with van der Waals surface area (Å²) in [5, 5.41) is 4.43. The first-order valence-corrected chi connectivity index (χ1v) is 12.1. The van der Waals surface area contributed by atoms with Crippen LogP contribution in [0.25, 0.3) is 0 Å². The first-order chi connectivity index (χ1) is 14.2. The molecule has 0 radical (unpaired) electrons. The molecule has 1 aromatic heterocycles. The molecule has 0 spiro atoms. The van der Waals surface area contributed by atoms with Crippen LogP contribution in [0.1, 0.15) is 79.1 Å².